The Hall–Kier alpha value is -2.20. The highest BCUT2D eigenvalue weighted by molar-refractivity contribution is 6.32. The Morgan fingerprint density at radius 3 is 2.73 bits per heavy atom. The highest BCUT2D eigenvalue weighted by atomic mass is 35.5. The van der Waals surface area contributed by atoms with Crippen LogP contribution in [0.15, 0.2) is 37.1 Å². The number of benzene rings is 1. The van der Waals surface area contributed by atoms with Gasteiger partial charge in [0.25, 0.3) is 5.91 Å². The Kier molecular flexibility index (Phi) is 3.71. The molecule has 112 valence electrons. The van der Waals surface area contributed by atoms with E-state index in [-0.39, 0.29) is 11.8 Å². The number of nitrogens with zero attached hydrogens (tertiary/aromatic N) is 3. The lowest BCUT2D eigenvalue weighted by molar-refractivity contribution is 0.0958. The van der Waals surface area contributed by atoms with Crippen molar-refractivity contribution < 1.29 is 4.79 Å². The van der Waals surface area contributed by atoms with Gasteiger partial charge in [-0.1, -0.05) is 25.4 Å². The minimum Gasteiger partial charge on any atom is -0.272 e. The summed E-state index contributed by atoms with van der Waals surface area (Å²) in [5.74, 6) is 0.0418. The summed E-state index contributed by atoms with van der Waals surface area (Å²) in [6, 6.07) is 3.73. The Morgan fingerprint density at radius 2 is 2.09 bits per heavy atom. The number of pyridine rings is 1. The zero-order valence-electron chi connectivity index (χ0n) is 12.7. The van der Waals surface area contributed by atoms with Gasteiger partial charge in [0, 0.05) is 29.0 Å². The second kappa shape index (κ2) is 5.54. The monoisotopic (exact) mass is 313 g/mol. The molecule has 3 rings (SSSR count). The van der Waals surface area contributed by atoms with Crippen LogP contribution in [0.25, 0.3) is 10.9 Å². The maximum absolute atomic E-state index is 12.7. The molecule has 4 nitrogen and oxygen atoms in total. The molecular formula is C17H16ClN3O. The molecule has 5 heteroatoms. The highest BCUT2D eigenvalue weighted by Gasteiger charge is 2.20. The summed E-state index contributed by atoms with van der Waals surface area (Å²) >= 11 is 6.27. The fourth-order valence-corrected chi connectivity index (χ4v) is 2.90. The van der Waals surface area contributed by atoms with Crippen LogP contribution in [0.5, 0.6) is 0 Å². The van der Waals surface area contributed by atoms with Gasteiger partial charge in [-0.2, -0.15) is 0 Å². The molecule has 0 saturated heterocycles. The molecule has 0 radical (unpaired) electrons. The van der Waals surface area contributed by atoms with Gasteiger partial charge in [0.2, 0.25) is 0 Å². The number of aromatic nitrogens is 3. The standard InChI is InChI=1S/C17H16ClN3O/c1-10(2)15-12(17(22)21-7-6-19-9-21)8-20-14-5-4-13(18)11(3)16(14)15/h4-10H,1-3H3. The summed E-state index contributed by atoms with van der Waals surface area (Å²) in [6.07, 6.45) is 6.37. The van der Waals surface area contributed by atoms with Crippen LogP contribution in [0, 0.1) is 6.92 Å². The van der Waals surface area contributed by atoms with Crippen LogP contribution in [-0.2, 0) is 0 Å². The van der Waals surface area contributed by atoms with E-state index < -0.39 is 0 Å². The van der Waals surface area contributed by atoms with Crippen LogP contribution in [0.4, 0.5) is 0 Å². The number of fused-ring (bicyclic) bond motifs is 1. The lowest BCUT2D eigenvalue weighted by Crippen LogP contribution is -2.14. The van der Waals surface area contributed by atoms with Crippen LogP contribution < -0.4 is 0 Å². The molecule has 0 aliphatic heterocycles. The molecule has 3 aromatic rings. The number of rotatable bonds is 2. The summed E-state index contributed by atoms with van der Waals surface area (Å²) in [6.45, 7) is 6.10. The van der Waals surface area contributed by atoms with E-state index in [2.05, 4.69) is 23.8 Å². The van der Waals surface area contributed by atoms with Crippen LogP contribution in [0.3, 0.4) is 0 Å². The number of imidazole rings is 1. The first-order chi connectivity index (χ1) is 10.5. The molecule has 0 spiro atoms. The smallest absolute Gasteiger partial charge is 0.264 e. The predicted octanol–water partition coefficient (Wildman–Crippen LogP) is 4.21. The van der Waals surface area contributed by atoms with Crippen molar-refractivity contribution in [2.24, 2.45) is 0 Å². The van der Waals surface area contributed by atoms with E-state index in [9.17, 15) is 4.79 Å². The zero-order valence-corrected chi connectivity index (χ0v) is 13.4. The van der Waals surface area contributed by atoms with Gasteiger partial charge in [-0.25, -0.2) is 4.98 Å². The quantitative estimate of drug-likeness (QED) is 0.712. The van der Waals surface area contributed by atoms with Crippen molar-refractivity contribution in [1.82, 2.24) is 14.5 Å². The Labute approximate surface area is 133 Å². The van der Waals surface area contributed by atoms with Crippen molar-refractivity contribution in [2.45, 2.75) is 26.7 Å². The first-order valence-corrected chi connectivity index (χ1v) is 7.49. The second-order valence-electron chi connectivity index (χ2n) is 5.58. The van der Waals surface area contributed by atoms with Gasteiger partial charge in [0.1, 0.15) is 6.33 Å². The van der Waals surface area contributed by atoms with Gasteiger partial charge in [-0.15, -0.1) is 0 Å². The molecule has 0 unspecified atom stereocenters. The Bertz CT molecular complexity index is 854. The molecule has 22 heavy (non-hydrogen) atoms. The van der Waals surface area contributed by atoms with Crippen molar-refractivity contribution >= 4 is 28.4 Å². The van der Waals surface area contributed by atoms with Crippen molar-refractivity contribution in [2.75, 3.05) is 0 Å². The van der Waals surface area contributed by atoms with E-state index in [1.54, 1.807) is 18.6 Å². The lowest BCUT2D eigenvalue weighted by atomic mass is 9.91. The molecular weight excluding hydrogens is 298 g/mol. The van der Waals surface area contributed by atoms with E-state index >= 15 is 0 Å². The summed E-state index contributed by atoms with van der Waals surface area (Å²) in [4.78, 5) is 21.1. The van der Waals surface area contributed by atoms with Gasteiger partial charge >= 0.3 is 0 Å². The highest BCUT2D eigenvalue weighted by Crippen LogP contribution is 2.33. The van der Waals surface area contributed by atoms with Gasteiger partial charge in [0.05, 0.1) is 11.1 Å². The van der Waals surface area contributed by atoms with E-state index in [1.165, 1.54) is 10.9 Å². The number of halogens is 1. The third kappa shape index (κ3) is 2.29. The minimum absolute atomic E-state index is 0.130. The maximum atomic E-state index is 12.7. The number of hydrogen-bond acceptors (Lipinski definition) is 3. The lowest BCUT2D eigenvalue weighted by Gasteiger charge is -2.17. The van der Waals surface area contributed by atoms with Crippen molar-refractivity contribution in [3.63, 3.8) is 0 Å². The van der Waals surface area contributed by atoms with Crippen molar-refractivity contribution in [3.8, 4) is 0 Å². The fourth-order valence-electron chi connectivity index (χ4n) is 2.75. The van der Waals surface area contributed by atoms with Crippen LogP contribution in [0.1, 0.15) is 41.3 Å². The van der Waals surface area contributed by atoms with Gasteiger partial charge in [-0.05, 0) is 36.1 Å². The Balaban J connectivity index is 2.34. The molecule has 0 atom stereocenters. The topological polar surface area (TPSA) is 47.8 Å². The third-order valence-corrected chi connectivity index (χ3v) is 4.23. The zero-order chi connectivity index (χ0) is 15.9. The molecule has 2 aromatic heterocycles. The molecule has 0 aliphatic rings. The average molecular weight is 314 g/mol. The first-order valence-electron chi connectivity index (χ1n) is 7.11. The van der Waals surface area contributed by atoms with Crippen molar-refractivity contribution in [1.29, 1.82) is 0 Å². The maximum Gasteiger partial charge on any atom is 0.264 e. The summed E-state index contributed by atoms with van der Waals surface area (Å²) in [7, 11) is 0. The number of hydrogen-bond donors (Lipinski definition) is 0. The molecule has 2 heterocycles. The molecule has 1 aromatic carbocycles. The molecule has 0 aliphatic carbocycles. The summed E-state index contributed by atoms with van der Waals surface area (Å²) < 4.78 is 1.47. The first kappa shape index (κ1) is 14.7. The molecule has 0 bridgehead atoms. The molecule has 0 fully saturated rings. The SMILES string of the molecule is Cc1c(Cl)ccc2ncc(C(=O)n3ccnc3)c(C(C)C)c12. The molecule has 0 N–H and O–H groups in total. The van der Waals surface area contributed by atoms with Crippen LogP contribution in [-0.4, -0.2) is 20.4 Å². The normalized spacial score (nSPS) is 11.3. The molecule has 0 saturated carbocycles. The summed E-state index contributed by atoms with van der Waals surface area (Å²) in [5, 5.41) is 1.65. The largest absolute Gasteiger partial charge is 0.272 e. The van der Waals surface area contributed by atoms with E-state index in [4.69, 9.17) is 11.6 Å². The average Bonchev–Trinajstić information content (AvgIpc) is 3.03. The Morgan fingerprint density at radius 1 is 1.32 bits per heavy atom. The van der Waals surface area contributed by atoms with Crippen LogP contribution in [0.2, 0.25) is 5.02 Å². The summed E-state index contributed by atoms with van der Waals surface area (Å²) in [5.41, 5.74) is 3.37. The molecule has 0 amide bonds. The fraction of sp³-hybridized carbons (Fsp3) is 0.235. The number of carbonyl (C=O) groups is 1. The number of aryl methyl sites for hydroxylation is 1. The predicted molar refractivity (Wildman–Crippen MR) is 87.5 cm³/mol. The van der Waals surface area contributed by atoms with E-state index in [1.807, 2.05) is 19.1 Å². The third-order valence-electron chi connectivity index (χ3n) is 3.82. The van der Waals surface area contributed by atoms with E-state index in [0.717, 1.165) is 22.0 Å². The number of carbonyl (C=O) groups excluding carboxylic acids is 1. The van der Waals surface area contributed by atoms with Crippen LogP contribution >= 0.6 is 11.6 Å². The van der Waals surface area contributed by atoms with Gasteiger partial charge in [0.15, 0.2) is 0 Å². The van der Waals surface area contributed by atoms with Crippen molar-refractivity contribution in [3.05, 3.63) is 58.8 Å². The minimum atomic E-state index is -0.130. The van der Waals surface area contributed by atoms with Gasteiger partial charge in [-0.3, -0.25) is 14.3 Å². The van der Waals surface area contributed by atoms with Gasteiger partial charge < -0.3 is 0 Å². The second-order valence-corrected chi connectivity index (χ2v) is 5.99. The van der Waals surface area contributed by atoms with E-state index in [0.29, 0.717) is 10.6 Å².